The Balaban J connectivity index is 1.44. The van der Waals surface area contributed by atoms with E-state index in [1.807, 2.05) is 36.7 Å². The molecule has 0 aliphatic carbocycles. The molecule has 0 saturated carbocycles. The SMILES string of the molecule is C1=C(c2nc(-c3cccc(Cn4cnc5ccccc54)c3)no2)CCO1. The van der Waals surface area contributed by atoms with Gasteiger partial charge in [0.15, 0.2) is 0 Å². The fourth-order valence-electron chi connectivity index (χ4n) is 3.16. The molecule has 5 rings (SSSR count). The van der Waals surface area contributed by atoms with Crippen molar-refractivity contribution in [3.8, 4) is 11.4 Å². The number of hydrogen-bond acceptors (Lipinski definition) is 5. The molecule has 2 aromatic heterocycles. The van der Waals surface area contributed by atoms with E-state index in [1.165, 1.54) is 0 Å². The van der Waals surface area contributed by atoms with Crippen LogP contribution in [0.2, 0.25) is 0 Å². The van der Waals surface area contributed by atoms with Gasteiger partial charge in [-0.15, -0.1) is 0 Å². The summed E-state index contributed by atoms with van der Waals surface area (Å²) in [6.07, 6.45) is 4.36. The summed E-state index contributed by atoms with van der Waals surface area (Å²) < 4.78 is 12.8. The second kappa shape index (κ2) is 6.15. The number of rotatable bonds is 4. The highest BCUT2D eigenvalue weighted by atomic mass is 16.5. The predicted molar refractivity (Wildman–Crippen MR) is 97.1 cm³/mol. The molecule has 0 unspecified atom stereocenters. The third-order valence-electron chi connectivity index (χ3n) is 4.48. The molecule has 26 heavy (non-hydrogen) atoms. The number of imidazole rings is 1. The standard InChI is InChI=1S/C20H16N4O2/c1-2-7-18-17(6-1)21-13-24(18)11-14-4-3-5-15(10-14)19-22-20(26-23-19)16-8-9-25-12-16/h1-7,10,12-13H,8-9,11H2. The lowest BCUT2D eigenvalue weighted by Crippen LogP contribution is -1.98. The number of ether oxygens (including phenoxy) is 1. The minimum absolute atomic E-state index is 0.531. The first-order valence-electron chi connectivity index (χ1n) is 8.51. The maximum Gasteiger partial charge on any atom is 0.257 e. The molecule has 0 fully saturated rings. The smallest absolute Gasteiger partial charge is 0.257 e. The fourth-order valence-corrected chi connectivity index (χ4v) is 3.16. The number of nitrogens with zero attached hydrogens (tertiary/aromatic N) is 4. The van der Waals surface area contributed by atoms with Crippen molar-refractivity contribution < 1.29 is 9.26 Å². The molecule has 3 heterocycles. The summed E-state index contributed by atoms with van der Waals surface area (Å²) in [7, 11) is 0. The second-order valence-corrected chi connectivity index (χ2v) is 6.25. The molecule has 1 aliphatic heterocycles. The molecule has 0 N–H and O–H groups in total. The monoisotopic (exact) mass is 344 g/mol. The van der Waals surface area contributed by atoms with Crippen LogP contribution in [0.5, 0.6) is 0 Å². The van der Waals surface area contributed by atoms with E-state index < -0.39 is 0 Å². The molecule has 0 atom stereocenters. The summed E-state index contributed by atoms with van der Waals surface area (Å²) >= 11 is 0. The first kappa shape index (κ1) is 14.9. The molecule has 0 radical (unpaired) electrons. The molecular formula is C20H16N4O2. The highest BCUT2D eigenvalue weighted by Gasteiger charge is 2.16. The third-order valence-corrected chi connectivity index (χ3v) is 4.48. The summed E-state index contributed by atoms with van der Waals surface area (Å²) in [4.78, 5) is 8.95. The fraction of sp³-hybridized carbons (Fsp3) is 0.150. The Labute approximate surface area is 149 Å². The van der Waals surface area contributed by atoms with Gasteiger partial charge in [0.25, 0.3) is 5.89 Å². The minimum atomic E-state index is 0.531. The zero-order valence-electron chi connectivity index (χ0n) is 14.0. The van der Waals surface area contributed by atoms with Gasteiger partial charge in [-0.25, -0.2) is 4.98 Å². The molecular weight excluding hydrogens is 328 g/mol. The maximum absolute atomic E-state index is 5.38. The molecule has 2 aromatic carbocycles. The predicted octanol–water partition coefficient (Wildman–Crippen LogP) is 3.90. The number of para-hydroxylation sites is 2. The molecule has 128 valence electrons. The van der Waals surface area contributed by atoms with E-state index in [0.29, 0.717) is 18.3 Å². The van der Waals surface area contributed by atoms with E-state index in [0.717, 1.165) is 40.7 Å². The number of aromatic nitrogens is 4. The quantitative estimate of drug-likeness (QED) is 0.562. The van der Waals surface area contributed by atoms with Gasteiger partial charge < -0.3 is 13.8 Å². The average Bonchev–Trinajstić information content (AvgIpc) is 3.43. The first-order valence-corrected chi connectivity index (χ1v) is 8.51. The van der Waals surface area contributed by atoms with Crippen molar-refractivity contribution in [2.75, 3.05) is 6.61 Å². The molecule has 4 aromatic rings. The van der Waals surface area contributed by atoms with Crippen molar-refractivity contribution in [3.63, 3.8) is 0 Å². The molecule has 0 spiro atoms. The molecule has 6 heteroatoms. The summed E-state index contributed by atoms with van der Waals surface area (Å²) in [6, 6.07) is 16.3. The zero-order valence-corrected chi connectivity index (χ0v) is 14.0. The molecule has 6 nitrogen and oxygen atoms in total. The van der Waals surface area contributed by atoms with Crippen LogP contribution in [0.15, 0.2) is 65.6 Å². The summed E-state index contributed by atoms with van der Waals surface area (Å²) in [6.45, 7) is 1.40. The summed E-state index contributed by atoms with van der Waals surface area (Å²) in [5.74, 6) is 1.12. The van der Waals surface area contributed by atoms with Gasteiger partial charge in [-0.05, 0) is 23.8 Å². The summed E-state index contributed by atoms with van der Waals surface area (Å²) in [5, 5.41) is 4.12. The van der Waals surface area contributed by atoms with Crippen LogP contribution in [0.4, 0.5) is 0 Å². The zero-order chi connectivity index (χ0) is 17.3. The van der Waals surface area contributed by atoms with Crippen molar-refractivity contribution in [2.24, 2.45) is 0 Å². The van der Waals surface area contributed by atoms with Crippen LogP contribution in [0, 0.1) is 0 Å². The highest BCUT2D eigenvalue weighted by Crippen LogP contribution is 2.25. The van der Waals surface area contributed by atoms with E-state index in [1.54, 1.807) is 6.26 Å². The lowest BCUT2D eigenvalue weighted by molar-refractivity contribution is 0.281. The number of fused-ring (bicyclic) bond motifs is 1. The first-order chi connectivity index (χ1) is 12.9. The van der Waals surface area contributed by atoms with Crippen molar-refractivity contribution in [2.45, 2.75) is 13.0 Å². The van der Waals surface area contributed by atoms with E-state index in [9.17, 15) is 0 Å². The highest BCUT2D eigenvalue weighted by molar-refractivity contribution is 5.75. The van der Waals surface area contributed by atoms with Gasteiger partial charge in [-0.3, -0.25) is 0 Å². The van der Waals surface area contributed by atoms with Crippen molar-refractivity contribution in [3.05, 3.63) is 72.6 Å². The average molecular weight is 344 g/mol. The van der Waals surface area contributed by atoms with Crippen LogP contribution < -0.4 is 0 Å². The lowest BCUT2D eigenvalue weighted by atomic mass is 10.1. The Morgan fingerprint density at radius 2 is 2.04 bits per heavy atom. The van der Waals surface area contributed by atoms with Gasteiger partial charge in [0.2, 0.25) is 5.82 Å². The van der Waals surface area contributed by atoms with Crippen molar-refractivity contribution >= 4 is 16.6 Å². The van der Waals surface area contributed by atoms with Crippen molar-refractivity contribution in [1.29, 1.82) is 0 Å². The topological polar surface area (TPSA) is 66.0 Å². The van der Waals surface area contributed by atoms with Gasteiger partial charge in [0.1, 0.15) is 0 Å². The van der Waals surface area contributed by atoms with Gasteiger partial charge in [-0.1, -0.05) is 35.5 Å². The van der Waals surface area contributed by atoms with Crippen LogP contribution >= 0.6 is 0 Å². The Bertz CT molecular complexity index is 1110. The normalized spacial score (nSPS) is 13.8. The van der Waals surface area contributed by atoms with Gasteiger partial charge in [0.05, 0.1) is 35.8 Å². The summed E-state index contributed by atoms with van der Waals surface area (Å²) in [5.41, 5.74) is 5.15. The molecule has 1 aliphatic rings. The largest absolute Gasteiger partial charge is 0.500 e. The van der Waals surface area contributed by atoms with Crippen LogP contribution in [0.1, 0.15) is 17.9 Å². The third kappa shape index (κ3) is 2.65. The number of benzene rings is 2. The van der Waals surface area contributed by atoms with Crippen molar-refractivity contribution in [1.82, 2.24) is 19.7 Å². The van der Waals surface area contributed by atoms with E-state index in [4.69, 9.17) is 9.26 Å². The van der Waals surface area contributed by atoms with Crippen LogP contribution in [-0.2, 0) is 11.3 Å². The Morgan fingerprint density at radius 3 is 2.96 bits per heavy atom. The van der Waals surface area contributed by atoms with E-state index in [-0.39, 0.29) is 0 Å². The second-order valence-electron chi connectivity index (χ2n) is 6.25. The minimum Gasteiger partial charge on any atom is -0.500 e. The van der Waals surface area contributed by atoms with E-state index >= 15 is 0 Å². The Kier molecular flexibility index (Phi) is 3.52. The molecule has 0 saturated heterocycles. The van der Waals surface area contributed by atoms with Crippen LogP contribution in [0.25, 0.3) is 28.0 Å². The molecule has 0 bridgehead atoms. The Hall–Kier alpha value is -3.41. The Morgan fingerprint density at radius 1 is 1.08 bits per heavy atom. The number of hydrogen-bond donors (Lipinski definition) is 0. The van der Waals surface area contributed by atoms with Gasteiger partial charge in [0, 0.05) is 18.5 Å². The maximum atomic E-state index is 5.38. The van der Waals surface area contributed by atoms with Gasteiger partial charge in [-0.2, -0.15) is 4.98 Å². The molecule has 0 amide bonds. The van der Waals surface area contributed by atoms with Crippen LogP contribution in [0.3, 0.4) is 0 Å². The van der Waals surface area contributed by atoms with Crippen LogP contribution in [-0.4, -0.2) is 26.3 Å². The van der Waals surface area contributed by atoms with Gasteiger partial charge >= 0.3 is 0 Å². The van der Waals surface area contributed by atoms with E-state index in [2.05, 4.69) is 37.9 Å². The lowest BCUT2D eigenvalue weighted by Gasteiger charge is -2.05.